The van der Waals surface area contributed by atoms with Crippen molar-refractivity contribution < 1.29 is 22.7 Å². The molecule has 4 aromatic rings. The molecule has 37 heavy (non-hydrogen) atoms. The Morgan fingerprint density at radius 1 is 1.00 bits per heavy atom. The van der Waals surface area contributed by atoms with Crippen molar-refractivity contribution in [3.05, 3.63) is 107 Å². The van der Waals surface area contributed by atoms with Gasteiger partial charge in [-0.15, -0.1) is 0 Å². The number of halogens is 2. The Morgan fingerprint density at radius 3 is 2.41 bits per heavy atom. The number of fused-ring (bicyclic) bond motifs is 1. The first-order valence-electron chi connectivity index (χ1n) is 11.8. The van der Waals surface area contributed by atoms with E-state index < -0.39 is 21.3 Å². The molecule has 190 valence electrons. The number of likely N-dealkylation sites (tertiary alicyclic amines) is 1. The average molecular weight is 539 g/mol. The summed E-state index contributed by atoms with van der Waals surface area (Å²) < 4.78 is 40.4. The lowest BCUT2D eigenvalue weighted by Gasteiger charge is -2.39. The van der Waals surface area contributed by atoms with Gasteiger partial charge in [0.2, 0.25) is 0 Å². The fourth-order valence-electron chi connectivity index (χ4n) is 4.77. The number of pyridine rings is 1. The Bertz CT molecular complexity index is 1580. The minimum atomic E-state index is -3.82. The Labute approximate surface area is 219 Å². The van der Waals surface area contributed by atoms with Gasteiger partial charge < -0.3 is 10.0 Å². The molecule has 1 aromatic heterocycles. The average Bonchev–Trinajstić information content (AvgIpc) is 2.89. The van der Waals surface area contributed by atoms with E-state index in [1.54, 1.807) is 47.4 Å². The van der Waals surface area contributed by atoms with Gasteiger partial charge in [-0.1, -0.05) is 41.9 Å². The standard InChI is InChI=1S/C28H24ClFN2O4S/c29-23-6-2-1-5-22(23)28(34)13-16-32(17-14-28)27(33)20-9-7-19(8-10-20)18-37(35,36)25-12-11-24(30)21-4-3-15-31-26(21)25/h1-12,15,34H,13-14,16-18H2. The summed E-state index contributed by atoms with van der Waals surface area (Å²) in [5, 5.41) is 11.8. The quantitative estimate of drug-likeness (QED) is 0.356. The molecule has 1 saturated heterocycles. The topological polar surface area (TPSA) is 87.6 Å². The van der Waals surface area contributed by atoms with Gasteiger partial charge in [0, 0.05) is 40.8 Å². The van der Waals surface area contributed by atoms with Crippen molar-refractivity contribution in [2.75, 3.05) is 13.1 Å². The second kappa shape index (κ2) is 9.85. The van der Waals surface area contributed by atoms with E-state index in [1.165, 1.54) is 18.3 Å². The zero-order chi connectivity index (χ0) is 26.2. The van der Waals surface area contributed by atoms with Crippen LogP contribution < -0.4 is 0 Å². The molecular formula is C28H24ClFN2O4S. The van der Waals surface area contributed by atoms with Crippen LogP contribution in [0.2, 0.25) is 5.02 Å². The molecule has 0 spiro atoms. The normalized spacial score (nSPS) is 15.6. The predicted molar refractivity (Wildman–Crippen MR) is 140 cm³/mol. The highest BCUT2D eigenvalue weighted by molar-refractivity contribution is 7.90. The molecule has 0 aliphatic carbocycles. The predicted octanol–water partition coefficient (Wildman–Crippen LogP) is 5.13. The zero-order valence-corrected chi connectivity index (χ0v) is 21.3. The van der Waals surface area contributed by atoms with Crippen molar-refractivity contribution in [2.45, 2.75) is 29.1 Å². The van der Waals surface area contributed by atoms with Gasteiger partial charge in [0.05, 0.1) is 21.8 Å². The van der Waals surface area contributed by atoms with Crippen LogP contribution in [-0.2, 0) is 21.2 Å². The Hall–Kier alpha value is -3.33. The van der Waals surface area contributed by atoms with Crippen LogP contribution in [0.5, 0.6) is 0 Å². The molecule has 1 amide bonds. The number of aliphatic hydroxyl groups is 1. The van der Waals surface area contributed by atoms with E-state index in [0.29, 0.717) is 47.6 Å². The third-order valence-corrected chi connectivity index (χ3v) is 8.87. The van der Waals surface area contributed by atoms with Crippen molar-refractivity contribution in [1.29, 1.82) is 0 Å². The molecule has 0 atom stereocenters. The first-order valence-corrected chi connectivity index (χ1v) is 13.8. The first kappa shape index (κ1) is 25.3. The van der Waals surface area contributed by atoms with Crippen molar-refractivity contribution in [1.82, 2.24) is 9.88 Å². The van der Waals surface area contributed by atoms with Crippen LogP contribution in [0.15, 0.2) is 83.9 Å². The SMILES string of the molecule is O=C(c1ccc(CS(=O)(=O)c2ccc(F)c3cccnc23)cc1)N1CCC(O)(c2ccccc2Cl)CC1. The van der Waals surface area contributed by atoms with Crippen LogP contribution in [0, 0.1) is 5.82 Å². The summed E-state index contributed by atoms with van der Waals surface area (Å²) in [6, 6.07) is 19.0. The van der Waals surface area contributed by atoms with Gasteiger partial charge in [-0.2, -0.15) is 0 Å². The number of benzene rings is 3. The van der Waals surface area contributed by atoms with E-state index in [0.717, 1.165) is 6.07 Å². The van der Waals surface area contributed by atoms with E-state index in [1.807, 2.05) is 12.1 Å². The van der Waals surface area contributed by atoms with Crippen LogP contribution in [0.4, 0.5) is 4.39 Å². The van der Waals surface area contributed by atoms with E-state index in [2.05, 4.69) is 4.98 Å². The van der Waals surface area contributed by atoms with Crippen molar-refractivity contribution in [3.8, 4) is 0 Å². The summed E-state index contributed by atoms with van der Waals surface area (Å²) in [5.74, 6) is -1.04. The Balaban J connectivity index is 1.28. The minimum Gasteiger partial charge on any atom is -0.385 e. The van der Waals surface area contributed by atoms with Crippen molar-refractivity contribution in [3.63, 3.8) is 0 Å². The first-order chi connectivity index (χ1) is 17.7. The van der Waals surface area contributed by atoms with Gasteiger partial charge in [-0.25, -0.2) is 12.8 Å². The lowest BCUT2D eigenvalue weighted by Crippen LogP contribution is -2.45. The zero-order valence-electron chi connectivity index (χ0n) is 19.8. The van der Waals surface area contributed by atoms with Gasteiger partial charge in [0.15, 0.2) is 9.84 Å². The maximum atomic E-state index is 14.1. The van der Waals surface area contributed by atoms with Gasteiger partial charge in [-0.3, -0.25) is 9.78 Å². The number of sulfone groups is 1. The van der Waals surface area contributed by atoms with E-state index in [9.17, 15) is 22.7 Å². The monoisotopic (exact) mass is 538 g/mol. The number of hydrogen-bond acceptors (Lipinski definition) is 5. The van der Waals surface area contributed by atoms with Crippen molar-refractivity contribution >= 4 is 38.2 Å². The number of carbonyl (C=O) groups excluding carboxylic acids is 1. The number of nitrogens with zero attached hydrogens (tertiary/aromatic N) is 2. The smallest absolute Gasteiger partial charge is 0.253 e. The van der Waals surface area contributed by atoms with E-state index in [4.69, 9.17) is 11.6 Å². The molecule has 6 nitrogen and oxygen atoms in total. The van der Waals surface area contributed by atoms with Crippen molar-refractivity contribution in [2.24, 2.45) is 0 Å². The number of piperidine rings is 1. The number of aromatic nitrogens is 1. The van der Waals surface area contributed by atoms with Gasteiger partial charge >= 0.3 is 0 Å². The Kier molecular flexibility index (Phi) is 6.74. The highest BCUT2D eigenvalue weighted by Gasteiger charge is 2.37. The molecule has 0 saturated carbocycles. The van der Waals surface area contributed by atoms with E-state index in [-0.39, 0.29) is 27.5 Å². The molecular weight excluding hydrogens is 515 g/mol. The summed E-state index contributed by atoms with van der Waals surface area (Å²) >= 11 is 6.27. The molecule has 2 heterocycles. The molecule has 0 radical (unpaired) electrons. The second-order valence-corrected chi connectivity index (χ2v) is 11.6. The maximum Gasteiger partial charge on any atom is 0.253 e. The molecule has 0 unspecified atom stereocenters. The minimum absolute atomic E-state index is 0.0380. The lowest BCUT2D eigenvalue weighted by molar-refractivity contribution is -0.0210. The molecule has 1 N–H and O–H groups in total. The van der Waals surface area contributed by atoms with Gasteiger partial charge in [0.1, 0.15) is 5.82 Å². The molecule has 5 rings (SSSR count). The fraction of sp³-hybridized carbons (Fsp3) is 0.214. The highest BCUT2D eigenvalue weighted by atomic mass is 35.5. The number of rotatable bonds is 5. The number of amides is 1. The summed E-state index contributed by atoms with van der Waals surface area (Å²) in [5.41, 5.74) is 0.594. The third kappa shape index (κ3) is 4.97. The van der Waals surface area contributed by atoms with E-state index >= 15 is 0 Å². The molecule has 1 aliphatic rings. The van der Waals surface area contributed by atoms with Gasteiger partial charge in [0.25, 0.3) is 5.91 Å². The fourth-order valence-corrected chi connectivity index (χ4v) is 6.60. The summed E-state index contributed by atoms with van der Waals surface area (Å²) in [4.78, 5) is 18.8. The van der Waals surface area contributed by atoms with Crippen LogP contribution in [0.3, 0.4) is 0 Å². The molecule has 1 aliphatic heterocycles. The highest BCUT2D eigenvalue weighted by Crippen LogP contribution is 2.37. The van der Waals surface area contributed by atoms with Crippen LogP contribution in [0.1, 0.15) is 34.3 Å². The lowest BCUT2D eigenvalue weighted by atomic mass is 9.84. The largest absolute Gasteiger partial charge is 0.385 e. The van der Waals surface area contributed by atoms with Gasteiger partial charge in [-0.05, 0) is 60.9 Å². The Morgan fingerprint density at radius 2 is 1.70 bits per heavy atom. The molecule has 0 bridgehead atoms. The maximum absolute atomic E-state index is 14.1. The molecule has 9 heteroatoms. The van der Waals surface area contributed by atoms with Crippen LogP contribution in [-0.4, -0.2) is 42.4 Å². The summed E-state index contributed by atoms with van der Waals surface area (Å²) in [7, 11) is -3.82. The molecule has 1 fully saturated rings. The molecule has 3 aromatic carbocycles. The third-order valence-electron chi connectivity index (χ3n) is 6.83. The van der Waals surface area contributed by atoms with Crippen LogP contribution in [0.25, 0.3) is 10.9 Å². The second-order valence-electron chi connectivity index (χ2n) is 9.20. The number of carbonyl (C=O) groups is 1. The summed E-state index contributed by atoms with van der Waals surface area (Å²) in [6.45, 7) is 0.725. The number of hydrogen-bond donors (Lipinski definition) is 1. The summed E-state index contributed by atoms with van der Waals surface area (Å²) in [6.07, 6.45) is 2.15. The van der Waals surface area contributed by atoms with Crippen LogP contribution >= 0.6 is 11.6 Å².